The number of nitrogens with zero attached hydrogens (tertiary/aromatic N) is 2. The summed E-state index contributed by atoms with van der Waals surface area (Å²) >= 11 is 0. The zero-order valence-electron chi connectivity index (χ0n) is 19.4. The van der Waals surface area contributed by atoms with E-state index in [1.807, 2.05) is 19.9 Å². The van der Waals surface area contributed by atoms with Crippen molar-refractivity contribution in [2.75, 3.05) is 59.2 Å². The molecule has 0 aromatic heterocycles. The van der Waals surface area contributed by atoms with Gasteiger partial charge in [0.1, 0.15) is 0 Å². The molecule has 1 aromatic rings. The van der Waals surface area contributed by atoms with E-state index in [2.05, 4.69) is 48.4 Å². The van der Waals surface area contributed by atoms with Gasteiger partial charge < -0.3 is 24.8 Å². The predicted molar refractivity (Wildman–Crippen MR) is 123 cm³/mol. The zero-order valence-corrected chi connectivity index (χ0v) is 19.4. The number of rotatable bonds is 11. The molecule has 1 aromatic carbocycles. The number of benzene rings is 1. The minimum atomic E-state index is 0.00757. The van der Waals surface area contributed by atoms with Crippen LogP contribution in [0.4, 0.5) is 0 Å². The highest BCUT2D eigenvalue weighted by atomic mass is 16.5. The van der Waals surface area contributed by atoms with E-state index in [0.717, 1.165) is 69.8 Å². The van der Waals surface area contributed by atoms with Crippen LogP contribution in [0.1, 0.15) is 40.2 Å². The maximum absolute atomic E-state index is 5.73. The van der Waals surface area contributed by atoms with E-state index in [-0.39, 0.29) is 5.54 Å². The van der Waals surface area contributed by atoms with Crippen LogP contribution in [0.15, 0.2) is 23.2 Å². The van der Waals surface area contributed by atoms with Gasteiger partial charge >= 0.3 is 0 Å². The zero-order chi connectivity index (χ0) is 21.8. The first-order valence-corrected chi connectivity index (χ1v) is 11.2. The Bertz CT molecular complexity index is 658. The van der Waals surface area contributed by atoms with Crippen molar-refractivity contribution in [3.05, 3.63) is 23.8 Å². The Kier molecular flexibility index (Phi) is 10.2. The molecule has 0 aliphatic carbocycles. The van der Waals surface area contributed by atoms with Crippen molar-refractivity contribution in [2.45, 2.75) is 46.6 Å². The van der Waals surface area contributed by atoms with Crippen LogP contribution in [-0.2, 0) is 11.2 Å². The summed E-state index contributed by atoms with van der Waals surface area (Å²) in [7, 11) is 0. The van der Waals surface area contributed by atoms with Crippen LogP contribution in [0.5, 0.6) is 11.5 Å². The molecule has 0 atom stereocenters. The SMILES string of the molecule is CCNC(=NCC(C)(C)N1CCOCC1)NCCc1ccc(OCC)c(OCC)c1. The molecular weight excluding hydrogens is 380 g/mol. The Balaban J connectivity index is 1.92. The number of nitrogens with one attached hydrogen (secondary N) is 2. The molecule has 2 N–H and O–H groups in total. The van der Waals surface area contributed by atoms with Gasteiger partial charge in [0.25, 0.3) is 0 Å². The summed E-state index contributed by atoms with van der Waals surface area (Å²) in [5, 5.41) is 6.81. The number of guanidine groups is 1. The third-order valence-corrected chi connectivity index (χ3v) is 5.15. The quantitative estimate of drug-likeness (QED) is 0.424. The van der Waals surface area contributed by atoms with Gasteiger partial charge in [0.2, 0.25) is 0 Å². The normalized spacial score (nSPS) is 15.7. The van der Waals surface area contributed by atoms with Gasteiger partial charge in [0.05, 0.1) is 33.0 Å². The van der Waals surface area contributed by atoms with Crippen LogP contribution in [0, 0.1) is 0 Å². The van der Waals surface area contributed by atoms with Gasteiger partial charge in [-0.05, 0) is 58.7 Å². The fourth-order valence-electron chi connectivity index (χ4n) is 3.46. The fraction of sp³-hybridized carbons (Fsp3) is 0.696. The fourth-order valence-corrected chi connectivity index (χ4v) is 3.46. The second-order valence-corrected chi connectivity index (χ2v) is 7.93. The van der Waals surface area contributed by atoms with Crippen LogP contribution in [0.3, 0.4) is 0 Å². The van der Waals surface area contributed by atoms with Crippen molar-refractivity contribution < 1.29 is 14.2 Å². The lowest BCUT2D eigenvalue weighted by molar-refractivity contribution is -0.00683. The van der Waals surface area contributed by atoms with Gasteiger partial charge in [-0.3, -0.25) is 9.89 Å². The van der Waals surface area contributed by atoms with Gasteiger partial charge in [-0.2, -0.15) is 0 Å². The summed E-state index contributed by atoms with van der Waals surface area (Å²) in [5.74, 6) is 2.47. The second kappa shape index (κ2) is 12.6. The highest BCUT2D eigenvalue weighted by Gasteiger charge is 2.28. The molecule has 0 saturated carbocycles. The third kappa shape index (κ3) is 7.69. The first-order valence-electron chi connectivity index (χ1n) is 11.2. The molecule has 1 heterocycles. The van der Waals surface area contributed by atoms with Crippen molar-refractivity contribution in [3.63, 3.8) is 0 Å². The van der Waals surface area contributed by atoms with Crippen LogP contribution in [-0.4, -0.2) is 75.5 Å². The van der Waals surface area contributed by atoms with Gasteiger partial charge in [0.15, 0.2) is 17.5 Å². The number of aliphatic imine (C=N–C) groups is 1. The lowest BCUT2D eigenvalue weighted by Crippen LogP contribution is -2.52. The Morgan fingerprint density at radius 3 is 2.43 bits per heavy atom. The maximum atomic E-state index is 5.73. The Morgan fingerprint density at radius 1 is 1.07 bits per heavy atom. The van der Waals surface area contributed by atoms with E-state index in [9.17, 15) is 0 Å². The first kappa shape index (κ1) is 24.3. The van der Waals surface area contributed by atoms with Gasteiger partial charge in [-0.15, -0.1) is 0 Å². The van der Waals surface area contributed by atoms with E-state index in [4.69, 9.17) is 19.2 Å². The largest absolute Gasteiger partial charge is 0.490 e. The van der Waals surface area contributed by atoms with Gasteiger partial charge in [-0.25, -0.2) is 0 Å². The van der Waals surface area contributed by atoms with E-state index < -0.39 is 0 Å². The number of ether oxygens (including phenoxy) is 3. The smallest absolute Gasteiger partial charge is 0.191 e. The maximum Gasteiger partial charge on any atom is 0.191 e. The molecule has 1 aliphatic heterocycles. The molecule has 170 valence electrons. The molecule has 0 unspecified atom stereocenters. The van der Waals surface area contributed by atoms with E-state index in [1.54, 1.807) is 0 Å². The summed E-state index contributed by atoms with van der Waals surface area (Å²) in [4.78, 5) is 7.30. The lowest BCUT2D eigenvalue weighted by Gasteiger charge is -2.39. The van der Waals surface area contributed by atoms with Crippen molar-refractivity contribution in [3.8, 4) is 11.5 Å². The highest BCUT2D eigenvalue weighted by molar-refractivity contribution is 5.79. The minimum Gasteiger partial charge on any atom is -0.490 e. The summed E-state index contributed by atoms with van der Waals surface area (Å²) in [5.41, 5.74) is 1.21. The van der Waals surface area contributed by atoms with Crippen molar-refractivity contribution in [1.29, 1.82) is 0 Å². The summed E-state index contributed by atoms with van der Waals surface area (Å²) in [6.45, 7) is 17.7. The predicted octanol–water partition coefficient (Wildman–Crippen LogP) is 2.69. The van der Waals surface area contributed by atoms with Crippen LogP contribution in [0.25, 0.3) is 0 Å². The van der Waals surface area contributed by atoms with Gasteiger partial charge in [-0.1, -0.05) is 6.07 Å². The molecule has 0 spiro atoms. The molecule has 1 saturated heterocycles. The number of hydrogen-bond donors (Lipinski definition) is 2. The molecule has 0 bridgehead atoms. The molecule has 0 amide bonds. The van der Waals surface area contributed by atoms with Gasteiger partial charge in [0, 0.05) is 31.7 Å². The minimum absolute atomic E-state index is 0.00757. The Morgan fingerprint density at radius 2 is 1.77 bits per heavy atom. The molecule has 0 radical (unpaired) electrons. The van der Waals surface area contributed by atoms with Crippen LogP contribution >= 0.6 is 0 Å². The Labute approximate surface area is 182 Å². The third-order valence-electron chi connectivity index (χ3n) is 5.15. The van der Waals surface area contributed by atoms with Crippen molar-refractivity contribution in [1.82, 2.24) is 15.5 Å². The molecular formula is C23H40N4O3. The average molecular weight is 421 g/mol. The van der Waals surface area contributed by atoms with Crippen LogP contribution < -0.4 is 20.1 Å². The molecule has 1 aliphatic rings. The van der Waals surface area contributed by atoms with Crippen molar-refractivity contribution in [2.24, 2.45) is 4.99 Å². The average Bonchev–Trinajstić information content (AvgIpc) is 2.75. The molecule has 2 rings (SSSR count). The summed E-state index contributed by atoms with van der Waals surface area (Å²) in [6, 6.07) is 6.16. The molecule has 30 heavy (non-hydrogen) atoms. The van der Waals surface area contributed by atoms with Crippen LogP contribution in [0.2, 0.25) is 0 Å². The number of morpholine rings is 1. The lowest BCUT2D eigenvalue weighted by atomic mass is 10.0. The molecule has 7 nitrogen and oxygen atoms in total. The van der Waals surface area contributed by atoms with E-state index in [0.29, 0.717) is 13.2 Å². The Hall–Kier alpha value is -1.99. The monoisotopic (exact) mass is 420 g/mol. The molecule has 1 fully saturated rings. The van der Waals surface area contributed by atoms with Crippen molar-refractivity contribution >= 4 is 5.96 Å². The highest BCUT2D eigenvalue weighted by Crippen LogP contribution is 2.28. The molecule has 7 heteroatoms. The number of hydrogen-bond acceptors (Lipinski definition) is 5. The van der Waals surface area contributed by atoms with E-state index >= 15 is 0 Å². The first-order chi connectivity index (χ1) is 14.5. The summed E-state index contributed by atoms with van der Waals surface area (Å²) in [6.07, 6.45) is 0.879. The standard InChI is InChI=1S/C23H40N4O3/c1-6-24-22(26-18-23(4,5)27-13-15-28-16-14-27)25-12-11-19-9-10-20(29-7-2)21(17-19)30-8-3/h9-10,17H,6-8,11-16,18H2,1-5H3,(H2,24,25,26). The second-order valence-electron chi connectivity index (χ2n) is 7.93. The topological polar surface area (TPSA) is 67.4 Å². The summed E-state index contributed by atoms with van der Waals surface area (Å²) < 4.78 is 16.9. The van der Waals surface area contributed by atoms with E-state index in [1.165, 1.54) is 5.56 Å².